The first-order valence-electron chi connectivity index (χ1n) is 5.81. The topological polar surface area (TPSA) is 34.4 Å². The van der Waals surface area contributed by atoms with Crippen LogP contribution in [0.1, 0.15) is 5.76 Å². The Morgan fingerprint density at radius 3 is 2.52 bits per heavy atom. The van der Waals surface area contributed by atoms with Crippen LogP contribution in [0.3, 0.4) is 0 Å². The molecule has 0 unspecified atom stereocenters. The number of alkyl halides is 3. The zero-order valence-corrected chi connectivity index (χ0v) is 13.7. The molecule has 114 valence electrons. The van der Waals surface area contributed by atoms with Crippen molar-refractivity contribution in [2.24, 2.45) is 0 Å². The summed E-state index contributed by atoms with van der Waals surface area (Å²) in [5.41, 5.74) is 0.463. The van der Waals surface area contributed by atoms with E-state index in [-0.39, 0.29) is 5.75 Å². The van der Waals surface area contributed by atoms with Crippen LogP contribution in [0.15, 0.2) is 43.9 Å². The second kappa shape index (κ2) is 6.74. The minimum atomic E-state index is -4.37. The van der Waals surface area contributed by atoms with Crippen molar-refractivity contribution in [3.8, 4) is 5.75 Å². The van der Waals surface area contributed by atoms with Crippen LogP contribution < -0.4 is 10.1 Å². The molecule has 1 N–H and O–H groups in total. The van der Waals surface area contributed by atoms with Gasteiger partial charge in [-0.25, -0.2) is 0 Å². The normalized spacial score (nSPS) is 11.5. The standard InChI is InChI=1S/C13H10Br2F3NO2/c14-9-5-8(21-12(9)15)6-19-10-3-1-2-4-11(10)20-7-13(16,17)18/h1-5,19H,6-7H2. The van der Waals surface area contributed by atoms with E-state index in [0.29, 0.717) is 22.7 Å². The van der Waals surface area contributed by atoms with E-state index in [1.807, 2.05) is 0 Å². The summed E-state index contributed by atoms with van der Waals surface area (Å²) in [7, 11) is 0. The molecule has 0 spiro atoms. The first-order chi connectivity index (χ1) is 9.85. The molecule has 0 saturated heterocycles. The van der Waals surface area contributed by atoms with Crippen molar-refractivity contribution in [2.45, 2.75) is 12.7 Å². The third-order valence-corrected chi connectivity index (χ3v) is 4.14. The molecule has 0 radical (unpaired) electrons. The number of hydrogen-bond donors (Lipinski definition) is 1. The smallest absolute Gasteiger partial charge is 0.422 e. The Bertz CT molecular complexity index is 594. The molecule has 0 aliphatic heterocycles. The third kappa shape index (κ3) is 4.96. The average molecular weight is 429 g/mol. The molecule has 1 heterocycles. The number of anilines is 1. The summed E-state index contributed by atoms with van der Waals surface area (Å²) in [6.45, 7) is -1.01. The Balaban J connectivity index is 2.02. The van der Waals surface area contributed by atoms with Gasteiger partial charge in [-0.05, 0) is 50.1 Å². The molecule has 0 bridgehead atoms. The van der Waals surface area contributed by atoms with Crippen LogP contribution in [0.4, 0.5) is 18.9 Å². The van der Waals surface area contributed by atoms with Gasteiger partial charge in [-0.1, -0.05) is 12.1 Å². The first-order valence-corrected chi connectivity index (χ1v) is 7.40. The summed E-state index contributed by atoms with van der Waals surface area (Å²) in [4.78, 5) is 0. The predicted octanol–water partition coefficient (Wildman–Crippen LogP) is 5.36. The van der Waals surface area contributed by atoms with E-state index in [0.717, 1.165) is 4.47 Å². The molecule has 0 saturated carbocycles. The maximum atomic E-state index is 12.2. The van der Waals surface area contributed by atoms with E-state index in [2.05, 4.69) is 37.2 Å². The minimum Gasteiger partial charge on any atom is -0.482 e. The van der Waals surface area contributed by atoms with Crippen LogP contribution in [0, 0.1) is 0 Å². The van der Waals surface area contributed by atoms with Gasteiger partial charge in [0.05, 0.1) is 16.7 Å². The number of ether oxygens (including phenoxy) is 1. The van der Waals surface area contributed by atoms with Crippen LogP contribution in [-0.2, 0) is 6.54 Å². The zero-order chi connectivity index (χ0) is 15.5. The maximum Gasteiger partial charge on any atom is 0.422 e. The van der Waals surface area contributed by atoms with Crippen LogP contribution in [0.2, 0.25) is 0 Å². The van der Waals surface area contributed by atoms with Gasteiger partial charge >= 0.3 is 6.18 Å². The highest BCUT2D eigenvalue weighted by molar-refractivity contribution is 9.13. The highest BCUT2D eigenvalue weighted by Gasteiger charge is 2.28. The van der Waals surface area contributed by atoms with Crippen molar-refractivity contribution in [3.05, 3.63) is 45.2 Å². The van der Waals surface area contributed by atoms with Crippen molar-refractivity contribution in [1.82, 2.24) is 0 Å². The Kier molecular flexibility index (Phi) is 5.21. The molecule has 0 aliphatic rings. The molecule has 2 rings (SSSR count). The second-order valence-corrected chi connectivity index (χ2v) is 5.66. The molecule has 0 aliphatic carbocycles. The van der Waals surface area contributed by atoms with Gasteiger partial charge in [0, 0.05) is 0 Å². The lowest BCUT2D eigenvalue weighted by Gasteiger charge is -2.13. The third-order valence-electron chi connectivity index (χ3n) is 2.43. The summed E-state index contributed by atoms with van der Waals surface area (Å²) >= 11 is 6.50. The number of nitrogens with one attached hydrogen (secondary N) is 1. The van der Waals surface area contributed by atoms with E-state index >= 15 is 0 Å². The Hall–Kier alpha value is -1.15. The molecule has 3 nitrogen and oxygen atoms in total. The molecule has 1 aromatic carbocycles. The van der Waals surface area contributed by atoms with Gasteiger partial charge in [-0.3, -0.25) is 0 Å². The fourth-order valence-electron chi connectivity index (χ4n) is 1.56. The van der Waals surface area contributed by atoms with Crippen LogP contribution >= 0.6 is 31.9 Å². The van der Waals surface area contributed by atoms with E-state index in [1.54, 1.807) is 24.3 Å². The maximum absolute atomic E-state index is 12.2. The van der Waals surface area contributed by atoms with Gasteiger partial charge in [-0.2, -0.15) is 13.2 Å². The van der Waals surface area contributed by atoms with Gasteiger partial charge < -0.3 is 14.5 Å². The van der Waals surface area contributed by atoms with Crippen LogP contribution in [0.5, 0.6) is 5.75 Å². The molecular weight excluding hydrogens is 419 g/mol. The Morgan fingerprint density at radius 1 is 1.19 bits per heavy atom. The number of para-hydroxylation sites is 2. The summed E-state index contributed by atoms with van der Waals surface area (Å²) in [6, 6.07) is 8.19. The Morgan fingerprint density at radius 2 is 1.90 bits per heavy atom. The molecule has 0 amide bonds. The quantitative estimate of drug-likeness (QED) is 0.696. The van der Waals surface area contributed by atoms with E-state index in [4.69, 9.17) is 9.15 Å². The van der Waals surface area contributed by atoms with Crippen molar-refractivity contribution in [2.75, 3.05) is 11.9 Å². The van der Waals surface area contributed by atoms with E-state index < -0.39 is 12.8 Å². The summed E-state index contributed by atoms with van der Waals surface area (Å²) in [6.07, 6.45) is -4.37. The van der Waals surface area contributed by atoms with Crippen molar-refractivity contribution >= 4 is 37.5 Å². The SMILES string of the molecule is FC(F)(F)COc1ccccc1NCc1cc(Br)c(Br)o1. The lowest BCUT2D eigenvalue weighted by Crippen LogP contribution is -2.19. The van der Waals surface area contributed by atoms with Crippen molar-refractivity contribution in [1.29, 1.82) is 0 Å². The van der Waals surface area contributed by atoms with E-state index in [9.17, 15) is 13.2 Å². The van der Waals surface area contributed by atoms with Gasteiger partial charge in [-0.15, -0.1) is 0 Å². The highest BCUT2D eigenvalue weighted by atomic mass is 79.9. The molecule has 0 atom stereocenters. The van der Waals surface area contributed by atoms with Gasteiger partial charge in [0.15, 0.2) is 11.3 Å². The molecule has 0 fully saturated rings. The molecule has 1 aromatic heterocycles. The second-order valence-electron chi connectivity index (χ2n) is 4.09. The van der Waals surface area contributed by atoms with Crippen LogP contribution in [-0.4, -0.2) is 12.8 Å². The van der Waals surface area contributed by atoms with Gasteiger partial charge in [0.2, 0.25) is 0 Å². The largest absolute Gasteiger partial charge is 0.482 e. The lowest BCUT2D eigenvalue weighted by molar-refractivity contribution is -0.153. The van der Waals surface area contributed by atoms with Crippen molar-refractivity contribution < 1.29 is 22.3 Å². The number of benzene rings is 1. The zero-order valence-electron chi connectivity index (χ0n) is 10.5. The molecule has 8 heteroatoms. The predicted molar refractivity (Wildman–Crippen MR) is 79.4 cm³/mol. The number of furan rings is 1. The number of rotatable bonds is 5. The minimum absolute atomic E-state index is 0.138. The fourth-order valence-corrected chi connectivity index (χ4v) is 2.22. The number of hydrogen-bond acceptors (Lipinski definition) is 3. The van der Waals surface area contributed by atoms with Crippen LogP contribution in [0.25, 0.3) is 0 Å². The van der Waals surface area contributed by atoms with Gasteiger partial charge in [0.25, 0.3) is 0 Å². The molecule has 2 aromatic rings. The Labute approximate surface area is 135 Å². The summed E-state index contributed by atoms with van der Waals surface area (Å²) in [5, 5.41) is 2.98. The molecule has 21 heavy (non-hydrogen) atoms. The monoisotopic (exact) mass is 427 g/mol. The fraction of sp³-hybridized carbons (Fsp3) is 0.231. The molecular formula is C13H10Br2F3NO2. The summed E-state index contributed by atoms with van der Waals surface area (Å²) in [5.74, 6) is 0.763. The average Bonchev–Trinajstić information content (AvgIpc) is 2.73. The van der Waals surface area contributed by atoms with Crippen molar-refractivity contribution in [3.63, 3.8) is 0 Å². The van der Waals surface area contributed by atoms with Gasteiger partial charge in [0.1, 0.15) is 11.5 Å². The number of halogens is 5. The lowest BCUT2D eigenvalue weighted by atomic mass is 10.3. The first kappa shape index (κ1) is 16.2. The summed E-state index contributed by atoms with van der Waals surface area (Å²) < 4.78 is 48.1. The van der Waals surface area contributed by atoms with E-state index in [1.165, 1.54) is 6.07 Å². The highest BCUT2D eigenvalue weighted by Crippen LogP contribution is 2.29.